The summed E-state index contributed by atoms with van der Waals surface area (Å²) in [4.78, 5) is 41.7. The molecule has 0 fully saturated rings. The number of ether oxygens (including phenoxy) is 1. The van der Waals surface area contributed by atoms with Crippen LogP contribution in [0.3, 0.4) is 0 Å². The second kappa shape index (κ2) is 5.69. The first-order valence-corrected chi connectivity index (χ1v) is 7.48. The number of hydrogen-bond acceptors (Lipinski definition) is 6. The molecule has 0 radical (unpaired) electrons. The Balaban J connectivity index is 2.00. The fraction of sp³-hybridized carbons (Fsp3) is 0.200. The molecule has 0 spiro atoms. The van der Waals surface area contributed by atoms with Crippen LogP contribution in [0.15, 0.2) is 35.3 Å². The zero-order valence-electron chi connectivity index (χ0n) is 11.7. The highest BCUT2D eigenvalue weighted by atomic mass is 32.1. The molecule has 112 valence electrons. The minimum Gasteiger partial charge on any atom is -0.469 e. The van der Waals surface area contributed by atoms with Gasteiger partial charge in [-0.3, -0.25) is 24.3 Å². The van der Waals surface area contributed by atoms with Crippen LogP contribution in [0, 0.1) is 0 Å². The summed E-state index contributed by atoms with van der Waals surface area (Å²) in [5.41, 5.74) is 1.44. The molecule has 0 N–H and O–H groups in total. The van der Waals surface area contributed by atoms with Gasteiger partial charge in [0.2, 0.25) is 0 Å². The Morgan fingerprint density at radius 3 is 2.36 bits per heavy atom. The molecule has 6 nitrogen and oxygen atoms in total. The van der Waals surface area contributed by atoms with Gasteiger partial charge in [0.05, 0.1) is 30.7 Å². The summed E-state index contributed by atoms with van der Waals surface area (Å²) in [6.45, 7) is 0. The smallest absolute Gasteiger partial charge is 0.307 e. The lowest BCUT2D eigenvalue weighted by molar-refractivity contribution is -0.141. The molecular formula is C15H12N2O4S. The van der Waals surface area contributed by atoms with Gasteiger partial charge in [-0.25, -0.2) is 0 Å². The Hall–Kier alpha value is -2.54. The lowest BCUT2D eigenvalue weighted by atomic mass is 10.0. The van der Waals surface area contributed by atoms with Crippen LogP contribution >= 0.6 is 11.3 Å². The third kappa shape index (κ3) is 2.29. The third-order valence-electron chi connectivity index (χ3n) is 3.55. The topological polar surface area (TPSA) is 76.6 Å². The minimum atomic E-state index is -0.701. The van der Waals surface area contributed by atoms with E-state index >= 15 is 0 Å². The highest BCUT2D eigenvalue weighted by Crippen LogP contribution is 2.34. The summed E-state index contributed by atoms with van der Waals surface area (Å²) < 4.78 is 4.69. The first kappa shape index (κ1) is 14.4. The Kier molecular flexibility index (Phi) is 3.72. The van der Waals surface area contributed by atoms with Crippen molar-refractivity contribution in [3.63, 3.8) is 0 Å². The fourth-order valence-electron chi connectivity index (χ4n) is 2.45. The van der Waals surface area contributed by atoms with Crippen LogP contribution in [0.25, 0.3) is 0 Å². The standard InChI is InChI=1S/C15H12N2O4S/c1-21-13(18)6-12(9-2-4-16-5-3-9)17-14(19)10-7-22-8-11(10)15(17)20/h2-5,7-8,12H,6H2,1H3. The van der Waals surface area contributed by atoms with E-state index in [-0.39, 0.29) is 18.2 Å². The molecule has 1 aliphatic heterocycles. The molecule has 2 amide bonds. The predicted molar refractivity (Wildman–Crippen MR) is 78.4 cm³/mol. The van der Waals surface area contributed by atoms with Crippen LogP contribution in [0.1, 0.15) is 38.7 Å². The van der Waals surface area contributed by atoms with E-state index in [1.165, 1.54) is 18.4 Å². The van der Waals surface area contributed by atoms with Crippen molar-refractivity contribution in [3.05, 3.63) is 52.0 Å². The predicted octanol–water partition coefficient (Wildman–Crippen LogP) is 2.04. The second-order valence-electron chi connectivity index (χ2n) is 4.76. The maximum absolute atomic E-state index is 12.5. The summed E-state index contributed by atoms with van der Waals surface area (Å²) in [5, 5.41) is 3.30. The summed E-state index contributed by atoms with van der Waals surface area (Å²) in [6.07, 6.45) is 3.02. The van der Waals surface area contributed by atoms with Crippen molar-refractivity contribution in [2.24, 2.45) is 0 Å². The molecular weight excluding hydrogens is 304 g/mol. The average Bonchev–Trinajstić information content (AvgIpc) is 3.11. The quantitative estimate of drug-likeness (QED) is 0.637. The highest BCUT2D eigenvalue weighted by molar-refractivity contribution is 7.08. The number of fused-ring (bicyclic) bond motifs is 1. The summed E-state index contributed by atoms with van der Waals surface area (Å²) in [7, 11) is 1.27. The van der Waals surface area contributed by atoms with Gasteiger partial charge in [0.1, 0.15) is 0 Å². The molecule has 1 unspecified atom stereocenters. The lowest BCUT2D eigenvalue weighted by Gasteiger charge is -2.25. The van der Waals surface area contributed by atoms with Crippen molar-refractivity contribution in [3.8, 4) is 0 Å². The summed E-state index contributed by atoms with van der Waals surface area (Å²) >= 11 is 1.31. The fourth-order valence-corrected chi connectivity index (χ4v) is 3.24. The maximum Gasteiger partial charge on any atom is 0.307 e. The first-order chi connectivity index (χ1) is 10.6. The lowest BCUT2D eigenvalue weighted by Crippen LogP contribution is -2.35. The Bertz CT molecular complexity index is 711. The Morgan fingerprint density at radius 2 is 1.82 bits per heavy atom. The van der Waals surface area contributed by atoms with Gasteiger partial charge in [0, 0.05) is 23.2 Å². The number of hydrogen-bond donors (Lipinski definition) is 0. The van der Waals surface area contributed by atoms with E-state index < -0.39 is 12.0 Å². The van der Waals surface area contributed by atoms with Crippen molar-refractivity contribution in [2.45, 2.75) is 12.5 Å². The normalized spacial score (nSPS) is 14.9. The Labute approximate surface area is 130 Å². The van der Waals surface area contributed by atoms with E-state index in [0.717, 1.165) is 4.90 Å². The number of carbonyl (C=O) groups excluding carboxylic acids is 3. The number of imide groups is 1. The van der Waals surface area contributed by atoms with Gasteiger partial charge in [-0.15, -0.1) is 0 Å². The number of pyridine rings is 1. The van der Waals surface area contributed by atoms with Crippen LogP contribution in [0.4, 0.5) is 0 Å². The van der Waals surface area contributed by atoms with E-state index in [4.69, 9.17) is 0 Å². The number of aromatic nitrogens is 1. The second-order valence-corrected chi connectivity index (χ2v) is 5.50. The molecule has 0 saturated heterocycles. The van der Waals surface area contributed by atoms with E-state index in [1.807, 2.05) is 0 Å². The average molecular weight is 316 g/mol. The number of methoxy groups -OCH3 is 1. The summed E-state index contributed by atoms with van der Waals surface area (Å²) in [6, 6.07) is 2.66. The van der Waals surface area contributed by atoms with Crippen molar-refractivity contribution < 1.29 is 19.1 Å². The van der Waals surface area contributed by atoms with Crippen LogP contribution in [-0.4, -0.2) is 34.8 Å². The summed E-state index contributed by atoms with van der Waals surface area (Å²) in [5.74, 6) is -1.25. The van der Waals surface area contributed by atoms with Gasteiger partial charge < -0.3 is 4.74 Å². The maximum atomic E-state index is 12.5. The molecule has 0 saturated carbocycles. The SMILES string of the molecule is COC(=O)CC(c1ccncc1)N1C(=O)c2cscc2C1=O. The van der Waals surface area contributed by atoms with E-state index in [1.54, 1.807) is 35.3 Å². The van der Waals surface area contributed by atoms with Gasteiger partial charge in [-0.05, 0) is 17.7 Å². The number of thiophene rings is 1. The van der Waals surface area contributed by atoms with Crippen LogP contribution in [-0.2, 0) is 9.53 Å². The zero-order valence-corrected chi connectivity index (χ0v) is 12.5. The molecule has 0 aromatic carbocycles. The Morgan fingerprint density at radius 1 is 1.23 bits per heavy atom. The highest BCUT2D eigenvalue weighted by Gasteiger charge is 2.42. The van der Waals surface area contributed by atoms with Crippen LogP contribution in [0.2, 0.25) is 0 Å². The molecule has 3 rings (SSSR count). The van der Waals surface area contributed by atoms with Crippen LogP contribution in [0.5, 0.6) is 0 Å². The van der Waals surface area contributed by atoms with Gasteiger partial charge in [-0.2, -0.15) is 11.3 Å². The largest absolute Gasteiger partial charge is 0.469 e. The van der Waals surface area contributed by atoms with Crippen molar-refractivity contribution in [1.29, 1.82) is 0 Å². The van der Waals surface area contributed by atoms with E-state index in [9.17, 15) is 14.4 Å². The van der Waals surface area contributed by atoms with Gasteiger partial charge in [0.15, 0.2) is 0 Å². The monoisotopic (exact) mass is 316 g/mol. The molecule has 2 aromatic heterocycles. The van der Waals surface area contributed by atoms with Crippen molar-refractivity contribution in [1.82, 2.24) is 9.88 Å². The molecule has 0 bridgehead atoms. The molecule has 1 atom stereocenters. The molecule has 7 heteroatoms. The van der Waals surface area contributed by atoms with Gasteiger partial charge in [0.25, 0.3) is 11.8 Å². The number of nitrogens with zero attached hydrogens (tertiary/aromatic N) is 2. The number of amides is 2. The number of rotatable bonds is 4. The number of carbonyl (C=O) groups is 3. The molecule has 22 heavy (non-hydrogen) atoms. The molecule has 0 aliphatic carbocycles. The minimum absolute atomic E-state index is 0.0916. The van der Waals surface area contributed by atoms with Gasteiger partial charge in [-0.1, -0.05) is 0 Å². The van der Waals surface area contributed by atoms with Gasteiger partial charge >= 0.3 is 5.97 Å². The zero-order chi connectivity index (χ0) is 15.7. The molecule has 2 aromatic rings. The molecule has 1 aliphatic rings. The van der Waals surface area contributed by atoms with Crippen molar-refractivity contribution in [2.75, 3.05) is 7.11 Å². The first-order valence-electron chi connectivity index (χ1n) is 6.54. The van der Waals surface area contributed by atoms with E-state index in [2.05, 4.69) is 9.72 Å². The number of esters is 1. The third-order valence-corrected chi connectivity index (χ3v) is 4.29. The van der Waals surface area contributed by atoms with Crippen molar-refractivity contribution >= 4 is 29.1 Å². The molecule has 3 heterocycles. The van der Waals surface area contributed by atoms with Crippen LogP contribution < -0.4 is 0 Å². The van der Waals surface area contributed by atoms with E-state index in [0.29, 0.717) is 16.7 Å².